The van der Waals surface area contributed by atoms with Crippen LogP contribution in [0.1, 0.15) is 38.3 Å². The number of carbonyl (C=O) groups is 1. The Morgan fingerprint density at radius 1 is 1.10 bits per heavy atom. The number of benzene rings is 2. The molecule has 2 heterocycles. The number of anilines is 4. The monoisotopic (exact) mass is 566 g/mol. The third-order valence-corrected chi connectivity index (χ3v) is 6.73. The summed E-state index contributed by atoms with van der Waals surface area (Å²) in [4.78, 5) is 25.3. The van der Waals surface area contributed by atoms with Crippen LogP contribution in [0.15, 0.2) is 42.5 Å². The lowest BCUT2D eigenvalue weighted by molar-refractivity contribution is 0.0383. The number of amides is 1. The summed E-state index contributed by atoms with van der Waals surface area (Å²) < 4.78 is 10.9. The molecule has 3 aromatic rings. The molecule has 1 saturated heterocycles. The summed E-state index contributed by atoms with van der Waals surface area (Å²) >= 11 is 0. The van der Waals surface area contributed by atoms with Crippen LogP contribution in [-0.4, -0.2) is 67.3 Å². The van der Waals surface area contributed by atoms with Crippen LogP contribution in [0.4, 0.5) is 23.1 Å². The highest BCUT2D eigenvalue weighted by Crippen LogP contribution is 2.30. The van der Waals surface area contributed by atoms with Gasteiger partial charge in [-0.15, -0.1) is 0 Å². The van der Waals surface area contributed by atoms with E-state index < -0.39 is 0 Å². The molecule has 0 unspecified atom stereocenters. The number of allylic oxidation sites excluding steroid dienone is 1. The maximum atomic E-state index is 13.7. The molecule has 11 heteroatoms. The number of nitrogens with one attached hydrogen (secondary N) is 3. The summed E-state index contributed by atoms with van der Waals surface area (Å²) in [5.41, 5.74) is 5.44. The highest BCUT2D eigenvalue weighted by molar-refractivity contribution is 6.01. The smallest absolute Gasteiger partial charge is 0.257 e. The van der Waals surface area contributed by atoms with Gasteiger partial charge >= 0.3 is 0 Å². The largest absolute Gasteiger partial charge is 0.379 e. The minimum Gasteiger partial charge on any atom is -0.379 e. The molecule has 4 rings (SSSR count). The van der Waals surface area contributed by atoms with Gasteiger partial charge in [0, 0.05) is 50.7 Å². The van der Waals surface area contributed by atoms with Crippen LogP contribution in [0, 0.1) is 36.5 Å². The summed E-state index contributed by atoms with van der Waals surface area (Å²) in [6.45, 7) is 8.17. The van der Waals surface area contributed by atoms with Crippen LogP contribution >= 0.6 is 0 Å². The molecule has 1 aliphatic heterocycles. The van der Waals surface area contributed by atoms with E-state index in [2.05, 4.69) is 31.9 Å². The summed E-state index contributed by atoms with van der Waals surface area (Å²) in [6.07, 6.45) is 3.18. The molecule has 1 amide bonds. The highest BCUT2D eigenvalue weighted by atomic mass is 16.5. The lowest BCUT2D eigenvalue weighted by atomic mass is 10.0. The Hall–Kier alpha value is -4.81. The number of morpholine rings is 1. The number of aromatic nitrogens is 2. The molecule has 1 aliphatic rings. The zero-order valence-electron chi connectivity index (χ0n) is 24.0. The molecule has 1 fully saturated rings. The van der Waals surface area contributed by atoms with Crippen molar-refractivity contribution in [1.82, 2.24) is 20.2 Å². The van der Waals surface area contributed by atoms with Crippen LogP contribution in [-0.2, 0) is 16.1 Å². The minimum atomic E-state index is -0.313. The Morgan fingerprint density at radius 3 is 2.45 bits per heavy atom. The normalized spacial score (nSPS) is 13.4. The molecule has 0 radical (unpaired) electrons. The lowest BCUT2D eigenvalue weighted by Crippen LogP contribution is -2.41. The van der Waals surface area contributed by atoms with Gasteiger partial charge in [0.05, 0.1) is 43.2 Å². The van der Waals surface area contributed by atoms with Crippen molar-refractivity contribution in [2.75, 3.05) is 57.1 Å². The Bertz CT molecular complexity index is 1490. The van der Waals surface area contributed by atoms with Gasteiger partial charge in [0.25, 0.3) is 5.91 Å². The standard InChI is InChI=1S/C31H34N8O3/c1-21-17-24(5-4-10-32)18-22(2)28(21)37-29-27(30(40)34-11-12-39-13-15-42-16-14-39)26(20-41-3)36-31(38-29)35-25-8-6-23(19-33)7-9-25/h4-9,17-18H,11-16,20H2,1-3H3,(H,34,40)(H2,35,36,37,38)/b5-4+. The first-order valence-electron chi connectivity index (χ1n) is 13.6. The van der Waals surface area contributed by atoms with Crippen molar-refractivity contribution in [2.24, 2.45) is 0 Å². The molecule has 0 aliphatic carbocycles. The van der Waals surface area contributed by atoms with E-state index in [9.17, 15) is 4.79 Å². The van der Waals surface area contributed by atoms with Gasteiger partial charge in [0.1, 0.15) is 11.4 Å². The van der Waals surface area contributed by atoms with Gasteiger partial charge in [-0.1, -0.05) is 0 Å². The summed E-state index contributed by atoms with van der Waals surface area (Å²) in [5, 5.41) is 27.6. The van der Waals surface area contributed by atoms with Crippen molar-refractivity contribution in [3.63, 3.8) is 0 Å². The number of ether oxygens (including phenoxy) is 2. The number of nitriles is 2. The fourth-order valence-electron chi connectivity index (χ4n) is 4.67. The van der Waals surface area contributed by atoms with Crippen LogP contribution in [0.3, 0.4) is 0 Å². The number of aryl methyl sites for hydroxylation is 2. The van der Waals surface area contributed by atoms with Gasteiger partial charge in [-0.05, 0) is 73.0 Å². The third kappa shape index (κ3) is 7.89. The van der Waals surface area contributed by atoms with Crippen molar-refractivity contribution in [2.45, 2.75) is 20.5 Å². The van der Waals surface area contributed by atoms with E-state index >= 15 is 0 Å². The molecule has 216 valence electrons. The zero-order chi connectivity index (χ0) is 29.9. The average molecular weight is 567 g/mol. The molecule has 42 heavy (non-hydrogen) atoms. The van der Waals surface area contributed by atoms with E-state index in [4.69, 9.17) is 25.0 Å². The Kier molecular flexibility index (Phi) is 10.6. The van der Waals surface area contributed by atoms with Gasteiger partial charge < -0.3 is 25.4 Å². The first-order chi connectivity index (χ1) is 20.4. The predicted molar refractivity (Wildman–Crippen MR) is 161 cm³/mol. The molecule has 11 nitrogen and oxygen atoms in total. The second-order valence-corrected chi connectivity index (χ2v) is 9.79. The Morgan fingerprint density at radius 2 is 1.81 bits per heavy atom. The fraction of sp³-hybridized carbons (Fsp3) is 0.323. The van der Waals surface area contributed by atoms with Crippen molar-refractivity contribution in [3.05, 3.63) is 76.0 Å². The number of nitrogens with zero attached hydrogens (tertiary/aromatic N) is 5. The van der Waals surface area contributed by atoms with Crippen molar-refractivity contribution in [1.29, 1.82) is 10.5 Å². The quantitative estimate of drug-likeness (QED) is 0.288. The van der Waals surface area contributed by atoms with E-state index in [1.54, 1.807) is 37.5 Å². The van der Waals surface area contributed by atoms with Gasteiger partial charge in [0.2, 0.25) is 5.95 Å². The van der Waals surface area contributed by atoms with Gasteiger partial charge in [-0.25, -0.2) is 4.98 Å². The Labute approximate surface area is 245 Å². The summed E-state index contributed by atoms with van der Waals surface area (Å²) in [5.74, 6) is 0.276. The van der Waals surface area contributed by atoms with E-state index in [1.165, 1.54) is 6.08 Å². The SMILES string of the molecule is COCc1nc(Nc2ccc(C#N)cc2)nc(Nc2c(C)cc(/C=C/C#N)cc2C)c1C(=O)NCCN1CCOCC1. The number of rotatable bonds is 11. The first-order valence-corrected chi connectivity index (χ1v) is 13.6. The van der Waals surface area contributed by atoms with E-state index in [0.717, 1.165) is 35.5 Å². The maximum absolute atomic E-state index is 13.7. The fourth-order valence-corrected chi connectivity index (χ4v) is 4.67. The van der Waals surface area contributed by atoms with E-state index in [0.29, 0.717) is 49.1 Å². The summed E-state index contributed by atoms with van der Waals surface area (Å²) in [7, 11) is 1.55. The van der Waals surface area contributed by atoms with Crippen molar-refractivity contribution in [3.8, 4) is 12.1 Å². The maximum Gasteiger partial charge on any atom is 0.257 e. The molecule has 0 spiro atoms. The molecule has 1 aromatic heterocycles. The van der Waals surface area contributed by atoms with Crippen molar-refractivity contribution < 1.29 is 14.3 Å². The zero-order valence-corrected chi connectivity index (χ0v) is 24.0. The molecule has 0 saturated carbocycles. The van der Waals surface area contributed by atoms with Crippen LogP contribution in [0.2, 0.25) is 0 Å². The molecule has 0 bridgehead atoms. The second kappa shape index (κ2) is 14.7. The predicted octanol–water partition coefficient (Wildman–Crippen LogP) is 4.20. The lowest BCUT2D eigenvalue weighted by Gasteiger charge is -2.26. The van der Waals surface area contributed by atoms with Crippen LogP contribution in [0.25, 0.3) is 6.08 Å². The average Bonchev–Trinajstić information content (AvgIpc) is 2.99. The molecular weight excluding hydrogens is 532 g/mol. The summed E-state index contributed by atoms with van der Waals surface area (Å²) in [6, 6.07) is 15.0. The first kappa shape index (κ1) is 30.2. The molecule has 3 N–H and O–H groups in total. The third-order valence-electron chi connectivity index (χ3n) is 6.73. The minimum absolute atomic E-state index is 0.0846. The van der Waals surface area contributed by atoms with Gasteiger partial charge in [-0.3, -0.25) is 9.69 Å². The van der Waals surface area contributed by atoms with Gasteiger partial charge in [0.15, 0.2) is 0 Å². The van der Waals surface area contributed by atoms with E-state index in [-0.39, 0.29) is 24.0 Å². The molecule has 2 aromatic carbocycles. The van der Waals surface area contributed by atoms with Gasteiger partial charge in [-0.2, -0.15) is 15.5 Å². The van der Waals surface area contributed by atoms with Crippen LogP contribution < -0.4 is 16.0 Å². The number of hydrogen-bond donors (Lipinski definition) is 3. The van der Waals surface area contributed by atoms with Crippen LogP contribution in [0.5, 0.6) is 0 Å². The second-order valence-electron chi connectivity index (χ2n) is 9.79. The van der Waals surface area contributed by atoms with Crippen molar-refractivity contribution >= 4 is 35.1 Å². The molecule has 0 atom stereocenters. The Balaban J connectivity index is 1.70. The highest BCUT2D eigenvalue weighted by Gasteiger charge is 2.23. The number of carbonyl (C=O) groups excluding carboxylic acids is 1. The number of hydrogen-bond acceptors (Lipinski definition) is 10. The van der Waals surface area contributed by atoms with E-state index in [1.807, 2.05) is 32.0 Å². The number of methoxy groups -OCH3 is 1. The topological polar surface area (TPSA) is 148 Å². The molecular formula is C31H34N8O3.